The zero-order valence-electron chi connectivity index (χ0n) is 18.0. The Balaban J connectivity index is 1.61. The lowest BCUT2D eigenvalue weighted by Gasteiger charge is -2.48. The van der Waals surface area contributed by atoms with Crippen LogP contribution in [0.2, 0.25) is 0 Å². The summed E-state index contributed by atoms with van der Waals surface area (Å²) in [5, 5.41) is 21.7. The number of nitrogen functional groups attached to an aromatic ring is 1. The second-order valence-electron chi connectivity index (χ2n) is 9.35. The van der Waals surface area contributed by atoms with E-state index in [0.717, 1.165) is 5.56 Å². The molecule has 0 heterocycles. The normalized spacial score (nSPS) is 30.4. The Hall–Kier alpha value is -3.85. The first-order valence-corrected chi connectivity index (χ1v) is 10.9. The largest absolute Gasteiger partial charge is 0.507 e. The number of rotatable bonds is 2. The highest BCUT2D eigenvalue weighted by Crippen LogP contribution is 2.51. The van der Waals surface area contributed by atoms with Crippen LogP contribution in [0, 0.1) is 23.7 Å². The number of ketones is 4. The van der Waals surface area contributed by atoms with Crippen molar-refractivity contribution in [3.63, 3.8) is 0 Å². The number of carbonyl (C=O) groups is 5. The molecule has 3 aliphatic carbocycles. The summed E-state index contributed by atoms with van der Waals surface area (Å²) in [6.07, 6.45) is -0.0889. The van der Waals surface area contributed by atoms with Gasteiger partial charge < -0.3 is 21.7 Å². The molecule has 2 unspecified atom stereocenters. The summed E-state index contributed by atoms with van der Waals surface area (Å²) in [4.78, 5) is 64.1. The van der Waals surface area contributed by atoms with Gasteiger partial charge in [0.15, 0.2) is 34.7 Å². The summed E-state index contributed by atoms with van der Waals surface area (Å²) in [5.74, 6) is -10.2. The quantitative estimate of drug-likeness (QED) is 0.370. The summed E-state index contributed by atoms with van der Waals surface area (Å²) in [5.41, 5.74) is 10.9. The number of aliphatic hydroxyl groups is 1. The van der Waals surface area contributed by atoms with E-state index in [9.17, 15) is 34.2 Å². The van der Waals surface area contributed by atoms with Crippen LogP contribution in [0.15, 0.2) is 36.4 Å². The van der Waals surface area contributed by atoms with Crippen LogP contribution in [-0.4, -0.2) is 44.9 Å². The van der Waals surface area contributed by atoms with Gasteiger partial charge in [-0.1, -0.05) is 18.2 Å². The van der Waals surface area contributed by atoms with Gasteiger partial charge in [0.05, 0.1) is 11.5 Å². The second kappa shape index (κ2) is 7.33. The Morgan fingerprint density at radius 3 is 2.29 bits per heavy atom. The lowest BCUT2D eigenvalue weighted by Crippen LogP contribution is -2.68. The molecule has 3 aliphatic rings. The lowest BCUT2D eigenvalue weighted by molar-refractivity contribution is -0.175. The average Bonchev–Trinajstić information content (AvgIpc) is 2.77. The summed E-state index contributed by atoms with van der Waals surface area (Å²) in [6, 6.07) is 10.0. The molecule has 6 N–H and O–H groups in total. The molecule has 0 radical (unpaired) electrons. The van der Waals surface area contributed by atoms with E-state index in [1.807, 2.05) is 0 Å². The van der Waals surface area contributed by atoms with E-state index < -0.39 is 58.3 Å². The maximum Gasteiger partial charge on any atom is 0.235 e. The zero-order valence-corrected chi connectivity index (χ0v) is 18.0. The SMILES string of the molecule is NC(=O)C1C(=O)C[C@@H]2C[C@@H]3Cc4c(-c5ccc(N)cc5)ccc(O)c4C(=O)C3C(=O)[C@]2(O)C1=O. The molecule has 0 aromatic heterocycles. The molecule has 5 atom stereocenters. The van der Waals surface area contributed by atoms with E-state index in [0.29, 0.717) is 16.8 Å². The third-order valence-corrected chi connectivity index (χ3v) is 7.51. The van der Waals surface area contributed by atoms with Crippen LogP contribution in [0.1, 0.15) is 28.8 Å². The number of amides is 1. The fourth-order valence-electron chi connectivity index (χ4n) is 5.90. The Morgan fingerprint density at radius 2 is 1.65 bits per heavy atom. The molecule has 34 heavy (non-hydrogen) atoms. The molecule has 174 valence electrons. The van der Waals surface area contributed by atoms with Crippen molar-refractivity contribution < 1.29 is 34.2 Å². The van der Waals surface area contributed by atoms with Gasteiger partial charge >= 0.3 is 0 Å². The highest BCUT2D eigenvalue weighted by Gasteiger charge is 2.66. The summed E-state index contributed by atoms with van der Waals surface area (Å²) < 4.78 is 0. The van der Waals surface area contributed by atoms with E-state index >= 15 is 0 Å². The van der Waals surface area contributed by atoms with Crippen molar-refractivity contribution >= 4 is 34.7 Å². The summed E-state index contributed by atoms with van der Waals surface area (Å²) in [6.45, 7) is 0. The Labute approximate surface area is 193 Å². The number of nitrogens with two attached hydrogens (primary N) is 2. The molecule has 0 aliphatic heterocycles. The minimum absolute atomic E-state index is 0.0308. The van der Waals surface area contributed by atoms with Gasteiger partial charge in [-0.15, -0.1) is 0 Å². The van der Waals surface area contributed by atoms with E-state index in [2.05, 4.69) is 0 Å². The topological polar surface area (TPSA) is 178 Å². The van der Waals surface area contributed by atoms with Crippen molar-refractivity contribution in [3.05, 3.63) is 47.5 Å². The first-order valence-electron chi connectivity index (χ1n) is 10.9. The molecule has 0 bridgehead atoms. The molecule has 0 spiro atoms. The number of fused-ring (bicyclic) bond motifs is 3. The van der Waals surface area contributed by atoms with Crippen molar-refractivity contribution in [3.8, 4) is 16.9 Å². The predicted molar refractivity (Wildman–Crippen MR) is 118 cm³/mol. The van der Waals surface area contributed by atoms with Crippen LogP contribution >= 0.6 is 0 Å². The first-order chi connectivity index (χ1) is 16.1. The van der Waals surface area contributed by atoms with E-state index in [1.54, 1.807) is 30.3 Å². The number of carbonyl (C=O) groups excluding carboxylic acids is 5. The van der Waals surface area contributed by atoms with Crippen LogP contribution < -0.4 is 11.5 Å². The van der Waals surface area contributed by atoms with Gasteiger partial charge in [0.1, 0.15) is 5.75 Å². The number of hydrogen-bond donors (Lipinski definition) is 4. The molecule has 2 fully saturated rings. The Bertz CT molecular complexity index is 1300. The predicted octanol–water partition coefficient (Wildman–Crippen LogP) is 0.576. The second-order valence-corrected chi connectivity index (χ2v) is 9.35. The highest BCUT2D eigenvalue weighted by molar-refractivity contribution is 6.31. The molecule has 2 aromatic rings. The van der Waals surface area contributed by atoms with Crippen LogP contribution in [0.5, 0.6) is 5.75 Å². The summed E-state index contributed by atoms with van der Waals surface area (Å²) >= 11 is 0. The van der Waals surface area contributed by atoms with Gasteiger partial charge in [-0.25, -0.2) is 0 Å². The van der Waals surface area contributed by atoms with Gasteiger partial charge in [0, 0.05) is 18.0 Å². The molecule has 9 nitrogen and oxygen atoms in total. The number of hydrogen-bond acceptors (Lipinski definition) is 8. The maximum absolute atomic E-state index is 13.5. The van der Waals surface area contributed by atoms with Gasteiger partial charge in [-0.05, 0) is 53.6 Å². The smallest absolute Gasteiger partial charge is 0.235 e. The number of Topliss-reactive ketones (excluding diaryl/α,β-unsaturated/α-hetero) is 4. The van der Waals surface area contributed by atoms with E-state index in [1.165, 1.54) is 6.07 Å². The number of phenolic OH excluding ortho intramolecular Hbond substituents is 1. The molecule has 2 saturated carbocycles. The fourth-order valence-corrected chi connectivity index (χ4v) is 5.90. The number of anilines is 1. The molecular weight excluding hydrogens is 440 g/mol. The number of benzene rings is 2. The minimum Gasteiger partial charge on any atom is -0.507 e. The van der Waals surface area contributed by atoms with Gasteiger partial charge in [0.25, 0.3) is 0 Å². The third-order valence-electron chi connectivity index (χ3n) is 7.51. The first kappa shape index (κ1) is 22.0. The standard InChI is InChI=1S/C25H22N2O7/c26-13-3-1-10(2-4-13)14-5-6-16(28)19-15(14)8-11-7-12-9-17(29)20(24(27)33)23(32)25(12,34)22(31)18(11)21(19)30/h1-6,11-12,18,20,28,34H,7-9,26H2,(H2,27,33)/t11-,12+,18?,20?,25+/m1/s1. The average molecular weight is 462 g/mol. The molecular formula is C25H22N2O7. The number of aromatic hydroxyl groups is 1. The third kappa shape index (κ3) is 2.86. The lowest BCUT2D eigenvalue weighted by atomic mass is 9.53. The maximum atomic E-state index is 13.5. The Morgan fingerprint density at radius 1 is 0.971 bits per heavy atom. The van der Waals surface area contributed by atoms with Crippen LogP contribution in [0.3, 0.4) is 0 Å². The number of primary amides is 1. The van der Waals surface area contributed by atoms with Crippen molar-refractivity contribution in [1.82, 2.24) is 0 Å². The minimum atomic E-state index is -2.65. The molecule has 9 heteroatoms. The molecule has 0 saturated heterocycles. The van der Waals surface area contributed by atoms with Gasteiger partial charge in [-0.2, -0.15) is 0 Å². The van der Waals surface area contributed by atoms with Crippen molar-refractivity contribution in [1.29, 1.82) is 0 Å². The van der Waals surface area contributed by atoms with Gasteiger partial charge in [0.2, 0.25) is 5.91 Å². The van der Waals surface area contributed by atoms with Crippen molar-refractivity contribution in [2.75, 3.05) is 5.73 Å². The van der Waals surface area contributed by atoms with Crippen molar-refractivity contribution in [2.24, 2.45) is 29.4 Å². The monoisotopic (exact) mass is 462 g/mol. The van der Waals surface area contributed by atoms with Crippen molar-refractivity contribution in [2.45, 2.75) is 24.9 Å². The Kier molecular flexibility index (Phi) is 4.73. The van der Waals surface area contributed by atoms with Crippen LogP contribution in [0.25, 0.3) is 11.1 Å². The molecule has 5 rings (SSSR count). The van der Waals surface area contributed by atoms with E-state index in [-0.39, 0.29) is 30.6 Å². The highest BCUT2D eigenvalue weighted by atomic mass is 16.3. The number of phenols is 1. The van der Waals surface area contributed by atoms with Crippen LogP contribution in [-0.2, 0) is 25.6 Å². The summed E-state index contributed by atoms with van der Waals surface area (Å²) in [7, 11) is 0. The van der Waals surface area contributed by atoms with E-state index in [4.69, 9.17) is 11.5 Å². The van der Waals surface area contributed by atoms with Crippen LogP contribution in [0.4, 0.5) is 5.69 Å². The molecule has 1 amide bonds. The zero-order chi connectivity index (χ0) is 24.5. The molecule has 2 aromatic carbocycles. The van der Waals surface area contributed by atoms with Gasteiger partial charge in [-0.3, -0.25) is 24.0 Å². The fraction of sp³-hybridized carbons (Fsp3) is 0.320.